The maximum atomic E-state index is 9.21. The van der Waals surface area contributed by atoms with E-state index in [-0.39, 0.29) is 12.6 Å². The Kier molecular flexibility index (Phi) is 6.44. The van der Waals surface area contributed by atoms with Crippen LogP contribution in [0.15, 0.2) is 0 Å². The molecule has 0 saturated carbocycles. The summed E-state index contributed by atoms with van der Waals surface area (Å²) in [5, 5.41) is 12.2. The average molecular weight is 282 g/mol. The zero-order valence-corrected chi connectivity index (χ0v) is 13.1. The van der Waals surface area contributed by atoms with E-state index in [1.54, 1.807) is 7.05 Å². The van der Waals surface area contributed by atoms with Crippen LogP contribution in [-0.2, 0) is 0 Å². The predicted molar refractivity (Wildman–Crippen MR) is 82.5 cm³/mol. The standard InChI is InChI=1S/C13H26N6O/c1-6-18(7-2)12-15-11(14-5)16-13(17-12)19(8-9-20)10(3)4/h10,20H,6-9H2,1-5H3,(H,14,15,16,17). The molecule has 1 heterocycles. The van der Waals surface area contributed by atoms with E-state index in [0.29, 0.717) is 24.4 Å². The Bertz CT molecular complexity index is 408. The Hall–Kier alpha value is -1.63. The molecule has 2 N–H and O–H groups in total. The van der Waals surface area contributed by atoms with Crippen molar-refractivity contribution in [2.45, 2.75) is 33.7 Å². The van der Waals surface area contributed by atoms with Gasteiger partial charge in [0.05, 0.1) is 6.61 Å². The molecule has 0 aliphatic rings. The minimum Gasteiger partial charge on any atom is -0.395 e. The number of aromatic nitrogens is 3. The minimum atomic E-state index is 0.0688. The summed E-state index contributed by atoms with van der Waals surface area (Å²) in [6.45, 7) is 10.5. The van der Waals surface area contributed by atoms with E-state index < -0.39 is 0 Å². The molecule has 1 rings (SSSR count). The van der Waals surface area contributed by atoms with Crippen LogP contribution in [0.25, 0.3) is 0 Å². The molecule has 0 bridgehead atoms. The molecule has 114 valence electrons. The third-order valence-electron chi connectivity index (χ3n) is 3.10. The molecular weight excluding hydrogens is 256 g/mol. The summed E-state index contributed by atoms with van der Waals surface area (Å²) in [4.78, 5) is 17.4. The van der Waals surface area contributed by atoms with Crippen molar-refractivity contribution in [3.05, 3.63) is 0 Å². The second-order valence-electron chi connectivity index (χ2n) is 4.69. The first-order chi connectivity index (χ1) is 9.57. The van der Waals surface area contributed by atoms with E-state index in [2.05, 4.69) is 52.9 Å². The van der Waals surface area contributed by atoms with Crippen molar-refractivity contribution < 1.29 is 5.11 Å². The van der Waals surface area contributed by atoms with E-state index in [4.69, 9.17) is 0 Å². The van der Waals surface area contributed by atoms with E-state index in [1.807, 2.05) is 4.90 Å². The molecule has 1 aromatic heterocycles. The van der Waals surface area contributed by atoms with E-state index in [0.717, 1.165) is 13.1 Å². The summed E-state index contributed by atoms with van der Waals surface area (Å²) >= 11 is 0. The third-order valence-corrected chi connectivity index (χ3v) is 3.10. The van der Waals surface area contributed by atoms with Crippen LogP contribution in [0, 0.1) is 0 Å². The summed E-state index contributed by atoms with van der Waals surface area (Å²) in [6.07, 6.45) is 0. The van der Waals surface area contributed by atoms with Crippen LogP contribution in [0.5, 0.6) is 0 Å². The van der Waals surface area contributed by atoms with Gasteiger partial charge in [0.1, 0.15) is 0 Å². The number of nitrogens with zero attached hydrogens (tertiary/aromatic N) is 5. The van der Waals surface area contributed by atoms with Crippen LogP contribution in [0.2, 0.25) is 0 Å². The quantitative estimate of drug-likeness (QED) is 0.735. The van der Waals surface area contributed by atoms with Crippen LogP contribution in [0.1, 0.15) is 27.7 Å². The summed E-state index contributed by atoms with van der Waals surface area (Å²) in [5.41, 5.74) is 0. The summed E-state index contributed by atoms with van der Waals surface area (Å²) in [7, 11) is 1.79. The van der Waals surface area contributed by atoms with Gasteiger partial charge < -0.3 is 20.2 Å². The van der Waals surface area contributed by atoms with Crippen molar-refractivity contribution >= 4 is 17.8 Å². The highest BCUT2D eigenvalue weighted by atomic mass is 16.3. The monoisotopic (exact) mass is 282 g/mol. The molecule has 0 aliphatic carbocycles. The second-order valence-corrected chi connectivity index (χ2v) is 4.69. The lowest BCUT2D eigenvalue weighted by Gasteiger charge is -2.27. The van der Waals surface area contributed by atoms with Gasteiger partial charge in [-0.3, -0.25) is 0 Å². The number of aliphatic hydroxyl groups is 1. The Morgan fingerprint density at radius 1 is 1.10 bits per heavy atom. The van der Waals surface area contributed by atoms with E-state index in [1.165, 1.54) is 0 Å². The fourth-order valence-electron chi connectivity index (χ4n) is 1.94. The fraction of sp³-hybridized carbons (Fsp3) is 0.769. The van der Waals surface area contributed by atoms with Crippen molar-refractivity contribution in [2.75, 3.05) is 48.4 Å². The normalized spacial score (nSPS) is 10.8. The molecule has 7 nitrogen and oxygen atoms in total. The number of anilines is 3. The van der Waals surface area contributed by atoms with Crippen LogP contribution >= 0.6 is 0 Å². The SMILES string of the molecule is CCN(CC)c1nc(NC)nc(N(CCO)C(C)C)n1. The average Bonchev–Trinajstić information content (AvgIpc) is 2.45. The van der Waals surface area contributed by atoms with Crippen molar-refractivity contribution in [1.82, 2.24) is 15.0 Å². The number of nitrogens with one attached hydrogen (secondary N) is 1. The molecule has 7 heteroatoms. The minimum absolute atomic E-state index is 0.0688. The molecule has 1 aromatic rings. The second kappa shape index (κ2) is 7.84. The van der Waals surface area contributed by atoms with Crippen LogP contribution in [-0.4, -0.2) is 59.4 Å². The zero-order valence-electron chi connectivity index (χ0n) is 13.1. The van der Waals surface area contributed by atoms with Crippen LogP contribution < -0.4 is 15.1 Å². The number of hydrogen-bond donors (Lipinski definition) is 2. The van der Waals surface area contributed by atoms with Gasteiger partial charge in [-0.25, -0.2) is 0 Å². The van der Waals surface area contributed by atoms with Crippen molar-refractivity contribution in [3.8, 4) is 0 Å². The predicted octanol–water partition coefficient (Wildman–Crippen LogP) is 0.967. The molecule has 0 spiro atoms. The highest BCUT2D eigenvalue weighted by molar-refractivity contribution is 5.45. The van der Waals surface area contributed by atoms with Crippen molar-refractivity contribution in [1.29, 1.82) is 0 Å². The lowest BCUT2D eigenvalue weighted by atomic mass is 10.3. The van der Waals surface area contributed by atoms with Gasteiger partial charge in [0.25, 0.3) is 0 Å². The van der Waals surface area contributed by atoms with E-state index >= 15 is 0 Å². The first kappa shape index (κ1) is 16.4. The molecule has 0 radical (unpaired) electrons. The zero-order chi connectivity index (χ0) is 15.1. The topological polar surface area (TPSA) is 77.4 Å². The Morgan fingerprint density at radius 3 is 2.15 bits per heavy atom. The first-order valence-electron chi connectivity index (χ1n) is 7.13. The number of aliphatic hydroxyl groups excluding tert-OH is 1. The van der Waals surface area contributed by atoms with Gasteiger partial charge in [-0.15, -0.1) is 0 Å². The largest absolute Gasteiger partial charge is 0.395 e. The van der Waals surface area contributed by atoms with Crippen molar-refractivity contribution in [2.24, 2.45) is 0 Å². The molecule has 0 aromatic carbocycles. The fourth-order valence-corrected chi connectivity index (χ4v) is 1.94. The number of rotatable bonds is 8. The van der Waals surface area contributed by atoms with Gasteiger partial charge in [0, 0.05) is 32.7 Å². The molecule has 0 fully saturated rings. The maximum Gasteiger partial charge on any atom is 0.232 e. The molecule has 20 heavy (non-hydrogen) atoms. The first-order valence-corrected chi connectivity index (χ1v) is 7.13. The number of hydrogen-bond acceptors (Lipinski definition) is 7. The summed E-state index contributed by atoms with van der Waals surface area (Å²) < 4.78 is 0. The molecule has 0 saturated heterocycles. The summed E-state index contributed by atoms with van der Waals surface area (Å²) in [6, 6.07) is 0.207. The lowest BCUT2D eigenvalue weighted by molar-refractivity contribution is 0.298. The van der Waals surface area contributed by atoms with Gasteiger partial charge in [0.2, 0.25) is 17.8 Å². The maximum absolute atomic E-state index is 9.21. The molecule has 0 aliphatic heterocycles. The van der Waals surface area contributed by atoms with Gasteiger partial charge >= 0.3 is 0 Å². The van der Waals surface area contributed by atoms with Gasteiger partial charge in [-0.05, 0) is 27.7 Å². The molecule has 0 amide bonds. The van der Waals surface area contributed by atoms with Crippen LogP contribution in [0.4, 0.5) is 17.8 Å². The highest BCUT2D eigenvalue weighted by Gasteiger charge is 2.17. The van der Waals surface area contributed by atoms with Gasteiger partial charge in [0.15, 0.2) is 0 Å². The van der Waals surface area contributed by atoms with Crippen LogP contribution in [0.3, 0.4) is 0 Å². The summed E-state index contributed by atoms with van der Waals surface area (Å²) in [5.74, 6) is 1.80. The molecular formula is C13H26N6O. The van der Waals surface area contributed by atoms with Crippen molar-refractivity contribution in [3.63, 3.8) is 0 Å². The lowest BCUT2D eigenvalue weighted by Crippen LogP contribution is -2.36. The van der Waals surface area contributed by atoms with E-state index in [9.17, 15) is 5.11 Å². The Balaban J connectivity index is 3.20. The van der Waals surface area contributed by atoms with Gasteiger partial charge in [-0.2, -0.15) is 15.0 Å². The highest BCUT2D eigenvalue weighted by Crippen LogP contribution is 2.18. The smallest absolute Gasteiger partial charge is 0.232 e. The molecule has 0 atom stereocenters. The Labute approximate surface area is 121 Å². The van der Waals surface area contributed by atoms with Gasteiger partial charge in [-0.1, -0.05) is 0 Å². The molecule has 0 unspecified atom stereocenters. The Morgan fingerprint density at radius 2 is 1.70 bits per heavy atom. The third kappa shape index (κ3) is 3.93.